The molecule has 8 heteroatoms. The van der Waals surface area contributed by atoms with Crippen LogP contribution < -0.4 is 4.74 Å². The maximum Gasteiger partial charge on any atom is 0.409 e. The summed E-state index contributed by atoms with van der Waals surface area (Å²) in [6.07, 6.45) is 4.94. The summed E-state index contributed by atoms with van der Waals surface area (Å²) in [6, 6.07) is 9.82. The van der Waals surface area contributed by atoms with Crippen LogP contribution in [-0.2, 0) is 16.6 Å². The number of nitrogens with zero attached hydrogens (tertiary/aromatic N) is 4. The number of fused-ring (bicyclic) bond motifs is 2. The third kappa shape index (κ3) is 3.35. The molecular formula is C25H26N4O4. The van der Waals surface area contributed by atoms with E-state index < -0.39 is 0 Å². The van der Waals surface area contributed by atoms with E-state index in [9.17, 15) is 9.59 Å². The number of aromatic nitrogens is 3. The number of pyridine rings is 1. The van der Waals surface area contributed by atoms with Crippen LogP contribution in [-0.4, -0.2) is 58.2 Å². The molecule has 1 amide bonds. The topological polar surface area (TPSA) is 86.0 Å². The second-order valence-corrected chi connectivity index (χ2v) is 9.28. The van der Waals surface area contributed by atoms with Crippen molar-refractivity contribution < 1.29 is 19.1 Å². The highest BCUT2D eigenvalue weighted by molar-refractivity contribution is 6.00. The number of rotatable bonds is 5. The Balaban J connectivity index is 1.34. The maximum atomic E-state index is 12.4. The van der Waals surface area contributed by atoms with Crippen LogP contribution in [0.3, 0.4) is 0 Å². The number of Topliss-reactive ketones (excluding diaryl/α,β-unsaturated/α-hetero) is 1. The summed E-state index contributed by atoms with van der Waals surface area (Å²) < 4.78 is 13.0. The van der Waals surface area contributed by atoms with Gasteiger partial charge in [0.25, 0.3) is 0 Å². The minimum absolute atomic E-state index is 0.207. The lowest BCUT2D eigenvalue weighted by atomic mass is 10.0. The third-order valence-corrected chi connectivity index (χ3v) is 7.16. The van der Waals surface area contributed by atoms with Gasteiger partial charge in [0, 0.05) is 30.6 Å². The van der Waals surface area contributed by atoms with E-state index in [4.69, 9.17) is 19.6 Å². The molecule has 2 aromatic heterocycles. The van der Waals surface area contributed by atoms with Gasteiger partial charge in [0.15, 0.2) is 23.0 Å². The third-order valence-electron chi connectivity index (χ3n) is 7.16. The number of ketones is 1. The van der Waals surface area contributed by atoms with Crippen molar-refractivity contribution in [3.63, 3.8) is 0 Å². The van der Waals surface area contributed by atoms with E-state index in [0.717, 1.165) is 67.6 Å². The SMILES string of the molecule is COc1ccc(-c2ccc3c(c2)CCC3=O)n2nc(C3(COC(=O)N4CCCC4)CC3)nc12. The zero-order valence-electron chi connectivity index (χ0n) is 18.7. The van der Waals surface area contributed by atoms with E-state index in [-0.39, 0.29) is 23.9 Å². The number of hydrogen-bond donors (Lipinski definition) is 0. The van der Waals surface area contributed by atoms with Crippen LogP contribution in [0.2, 0.25) is 0 Å². The Morgan fingerprint density at radius 3 is 2.70 bits per heavy atom. The number of amides is 1. The van der Waals surface area contributed by atoms with Gasteiger partial charge in [0.05, 0.1) is 18.2 Å². The van der Waals surface area contributed by atoms with Crippen molar-refractivity contribution in [2.75, 3.05) is 26.8 Å². The van der Waals surface area contributed by atoms with Crippen molar-refractivity contribution >= 4 is 17.5 Å². The first kappa shape index (κ1) is 20.2. The average Bonchev–Trinajstić information content (AvgIpc) is 3.19. The van der Waals surface area contributed by atoms with Gasteiger partial charge in [0.2, 0.25) is 0 Å². The Bertz CT molecular complexity index is 1270. The summed E-state index contributed by atoms with van der Waals surface area (Å²) in [5.41, 5.74) is 4.07. The second kappa shape index (κ2) is 7.57. The molecule has 2 fully saturated rings. The normalized spacial score (nSPS) is 18.6. The fraction of sp³-hybridized carbons (Fsp3) is 0.440. The van der Waals surface area contributed by atoms with Crippen LogP contribution in [0.4, 0.5) is 4.79 Å². The van der Waals surface area contributed by atoms with Gasteiger partial charge < -0.3 is 14.4 Å². The zero-order chi connectivity index (χ0) is 22.6. The second-order valence-electron chi connectivity index (χ2n) is 9.28. The molecule has 0 spiro atoms. The highest BCUT2D eigenvalue weighted by Crippen LogP contribution is 2.47. The van der Waals surface area contributed by atoms with E-state index in [0.29, 0.717) is 23.6 Å². The molecule has 1 saturated heterocycles. The largest absolute Gasteiger partial charge is 0.493 e. The smallest absolute Gasteiger partial charge is 0.409 e. The molecule has 3 heterocycles. The van der Waals surface area contributed by atoms with Crippen molar-refractivity contribution in [3.05, 3.63) is 47.3 Å². The number of carbonyl (C=O) groups is 2. The fourth-order valence-corrected chi connectivity index (χ4v) is 4.93. The molecule has 3 aliphatic rings. The van der Waals surface area contributed by atoms with Crippen molar-refractivity contribution in [2.24, 2.45) is 0 Å². The molecule has 0 N–H and O–H groups in total. The van der Waals surface area contributed by atoms with Crippen LogP contribution >= 0.6 is 0 Å². The van der Waals surface area contributed by atoms with Gasteiger partial charge in [0.1, 0.15) is 6.61 Å². The lowest BCUT2D eigenvalue weighted by molar-refractivity contribution is 0.0990. The number of ether oxygens (including phenoxy) is 2. The predicted molar refractivity (Wildman–Crippen MR) is 121 cm³/mol. The molecule has 6 rings (SSSR count). The first-order valence-electron chi connectivity index (χ1n) is 11.6. The fourth-order valence-electron chi connectivity index (χ4n) is 4.93. The Morgan fingerprint density at radius 2 is 1.94 bits per heavy atom. The highest BCUT2D eigenvalue weighted by Gasteiger charge is 2.50. The monoisotopic (exact) mass is 446 g/mol. The predicted octanol–water partition coefficient (Wildman–Crippen LogP) is 3.80. The maximum absolute atomic E-state index is 12.4. The highest BCUT2D eigenvalue weighted by atomic mass is 16.6. The van der Waals surface area contributed by atoms with Crippen molar-refractivity contribution in [3.8, 4) is 17.0 Å². The van der Waals surface area contributed by atoms with Gasteiger partial charge in [-0.15, -0.1) is 5.10 Å². The molecule has 1 saturated carbocycles. The van der Waals surface area contributed by atoms with E-state index in [2.05, 4.69) is 6.07 Å². The molecule has 0 bridgehead atoms. The average molecular weight is 447 g/mol. The van der Waals surface area contributed by atoms with Crippen molar-refractivity contribution in [1.82, 2.24) is 19.5 Å². The van der Waals surface area contributed by atoms with E-state index >= 15 is 0 Å². The Kier molecular flexibility index (Phi) is 4.64. The van der Waals surface area contributed by atoms with Crippen LogP contribution in [0.25, 0.3) is 16.9 Å². The molecule has 3 aromatic rings. The number of aryl methyl sites for hydroxylation is 1. The molecule has 1 aromatic carbocycles. The summed E-state index contributed by atoms with van der Waals surface area (Å²) in [7, 11) is 1.62. The molecule has 0 unspecified atom stereocenters. The standard InChI is InChI=1S/C25H26N4O4/c1-32-21-9-7-19(17-4-6-18-16(14-17)5-8-20(18)30)29-22(21)26-23(27-29)25(10-11-25)15-33-24(31)28-12-2-3-13-28/h4,6-7,9,14H,2-3,5,8,10-13,15H2,1H3. The molecule has 0 radical (unpaired) electrons. The van der Waals surface area contributed by atoms with E-state index in [1.807, 2.05) is 28.8 Å². The Hall–Kier alpha value is -3.42. The number of likely N-dealkylation sites (tertiary alicyclic amines) is 1. The molecular weight excluding hydrogens is 420 g/mol. The zero-order valence-corrected chi connectivity index (χ0v) is 18.7. The number of hydrogen-bond acceptors (Lipinski definition) is 6. The number of methoxy groups -OCH3 is 1. The molecule has 8 nitrogen and oxygen atoms in total. The van der Waals surface area contributed by atoms with E-state index in [1.165, 1.54) is 0 Å². The molecule has 170 valence electrons. The lowest BCUT2D eigenvalue weighted by Gasteiger charge is -2.17. The molecule has 0 atom stereocenters. The van der Waals surface area contributed by atoms with Gasteiger partial charge in [-0.05, 0) is 55.9 Å². The Morgan fingerprint density at radius 1 is 1.12 bits per heavy atom. The first-order chi connectivity index (χ1) is 16.1. The summed E-state index contributed by atoms with van der Waals surface area (Å²) in [5, 5.41) is 4.87. The van der Waals surface area contributed by atoms with Crippen molar-refractivity contribution in [2.45, 2.75) is 43.9 Å². The van der Waals surface area contributed by atoms with Crippen LogP contribution in [0, 0.1) is 0 Å². The summed E-state index contributed by atoms with van der Waals surface area (Å²) in [6.45, 7) is 1.83. The summed E-state index contributed by atoms with van der Waals surface area (Å²) >= 11 is 0. The van der Waals surface area contributed by atoms with Crippen LogP contribution in [0.1, 0.15) is 53.8 Å². The lowest BCUT2D eigenvalue weighted by Crippen LogP contribution is -2.31. The summed E-state index contributed by atoms with van der Waals surface area (Å²) in [4.78, 5) is 31.0. The minimum Gasteiger partial charge on any atom is -0.493 e. The number of carbonyl (C=O) groups excluding carboxylic acids is 2. The van der Waals surface area contributed by atoms with Gasteiger partial charge in [-0.25, -0.2) is 14.3 Å². The molecule has 33 heavy (non-hydrogen) atoms. The van der Waals surface area contributed by atoms with Gasteiger partial charge in [-0.1, -0.05) is 12.1 Å². The Labute approximate surface area is 191 Å². The first-order valence-corrected chi connectivity index (χ1v) is 11.6. The molecule has 2 aliphatic carbocycles. The minimum atomic E-state index is -0.339. The van der Waals surface area contributed by atoms with Crippen molar-refractivity contribution in [1.29, 1.82) is 0 Å². The van der Waals surface area contributed by atoms with E-state index in [1.54, 1.807) is 12.0 Å². The quantitative estimate of drug-likeness (QED) is 0.593. The van der Waals surface area contributed by atoms with Crippen LogP contribution in [0.5, 0.6) is 5.75 Å². The number of benzene rings is 1. The van der Waals surface area contributed by atoms with Crippen LogP contribution in [0.15, 0.2) is 30.3 Å². The van der Waals surface area contributed by atoms with Gasteiger partial charge in [-0.2, -0.15) is 0 Å². The summed E-state index contributed by atoms with van der Waals surface area (Å²) in [5.74, 6) is 1.52. The van der Waals surface area contributed by atoms with Gasteiger partial charge in [-0.3, -0.25) is 4.79 Å². The molecule has 1 aliphatic heterocycles. The van der Waals surface area contributed by atoms with Gasteiger partial charge >= 0.3 is 6.09 Å².